The Labute approximate surface area is 106 Å². The average molecular weight is 303 g/mol. The number of hydrogen-bond donors (Lipinski definition) is 1. The Morgan fingerprint density at radius 1 is 1.40 bits per heavy atom. The zero-order chi connectivity index (χ0) is 11.0. The number of hydrogen-bond acceptors (Lipinski definition) is 3. The summed E-state index contributed by atoms with van der Waals surface area (Å²) >= 11 is 6.72. The van der Waals surface area contributed by atoms with Crippen LogP contribution in [0.4, 0.5) is 0 Å². The molecule has 0 saturated carbocycles. The lowest BCUT2D eigenvalue weighted by atomic mass is 10.2. The van der Waals surface area contributed by atoms with E-state index in [4.69, 9.17) is 0 Å². The largest absolute Gasteiger partial charge is 0.382 e. The molecule has 15 heavy (non-hydrogen) atoms. The standard InChI is InChI=1S/C11H11BrOS2/c1-6-3-4-14-11(6)10(13)9-5-8(12)7(2)15-9/h3-5,10,13H,1-2H3. The van der Waals surface area contributed by atoms with Crippen LogP contribution in [-0.2, 0) is 0 Å². The van der Waals surface area contributed by atoms with Gasteiger partial charge in [0, 0.05) is 19.1 Å². The normalized spacial score (nSPS) is 13.1. The molecule has 1 N–H and O–H groups in total. The van der Waals surface area contributed by atoms with E-state index in [1.54, 1.807) is 22.7 Å². The van der Waals surface area contributed by atoms with Crippen LogP contribution >= 0.6 is 38.6 Å². The molecule has 2 aromatic rings. The number of thiophene rings is 2. The van der Waals surface area contributed by atoms with Gasteiger partial charge in [0.05, 0.1) is 0 Å². The number of aryl methyl sites for hydroxylation is 2. The molecule has 0 aromatic carbocycles. The minimum absolute atomic E-state index is 0.472. The molecule has 0 fully saturated rings. The Morgan fingerprint density at radius 2 is 2.13 bits per heavy atom. The van der Waals surface area contributed by atoms with Crippen LogP contribution in [0.1, 0.15) is 26.3 Å². The fraction of sp³-hybridized carbons (Fsp3) is 0.273. The fourth-order valence-electron chi connectivity index (χ4n) is 1.41. The third-order valence-electron chi connectivity index (χ3n) is 2.30. The van der Waals surface area contributed by atoms with Crippen molar-refractivity contribution in [2.75, 3.05) is 0 Å². The molecule has 1 atom stereocenters. The van der Waals surface area contributed by atoms with Gasteiger partial charge < -0.3 is 5.11 Å². The monoisotopic (exact) mass is 302 g/mol. The molecule has 2 heterocycles. The number of rotatable bonds is 2. The van der Waals surface area contributed by atoms with E-state index in [1.807, 2.05) is 31.4 Å². The number of aliphatic hydroxyl groups is 1. The first-order valence-corrected chi connectivity index (χ1v) is 7.06. The summed E-state index contributed by atoms with van der Waals surface area (Å²) in [7, 11) is 0. The van der Waals surface area contributed by atoms with Crippen molar-refractivity contribution in [3.63, 3.8) is 0 Å². The Balaban J connectivity index is 2.36. The van der Waals surface area contributed by atoms with Crippen LogP contribution in [0.2, 0.25) is 0 Å². The Bertz CT molecular complexity index is 453. The Kier molecular flexibility index (Phi) is 3.30. The highest BCUT2D eigenvalue weighted by Crippen LogP contribution is 2.36. The van der Waals surface area contributed by atoms with Crippen LogP contribution in [-0.4, -0.2) is 5.11 Å². The Morgan fingerprint density at radius 3 is 2.60 bits per heavy atom. The third-order valence-corrected chi connectivity index (χ3v) is 5.56. The van der Waals surface area contributed by atoms with Gasteiger partial charge in [0.1, 0.15) is 6.10 Å². The highest BCUT2D eigenvalue weighted by molar-refractivity contribution is 9.10. The van der Waals surface area contributed by atoms with Gasteiger partial charge in [0.25, 0.3) is 0 Å². The van der Waals surface area contributed by atoms with Crippen LogP contribution in [0, 0.1) is 13.8 Å². The van der Waals surface area contributed by atoms with Crippen molar-refractivity contribution in [1.29, 1.82) is 0 Å². The fourth-order valence-corrected chi connectivity index (χ4v) is 3.97. The van der Waals surface area contributed by atoms with Gasteiger partial charge in [-0.1, -0.05) is 0 Å². The molecule has 2 rings (SSSR count). The van der Waals surface area contributed by atoms with Gasteiger partial charge in [-0.05, 0) is 52.9 Å². The topological polar surface area (TPSA) is 20.2 Å². The molecule has 1 nitrogen and oxygen atoms in total. The number of aliphatic hydroxyl groups excluding tert-OH is 1. The van der Waals surface area contributed by atoms with E-state index in [0.29, 0.717) is 0 Å². The maximum Gasteiger partial charge on any atom is 0.123 e. The highest BCUT2D eigenvalue weighted by atomic mass is 79.9. The summed E-state index contributed by atoms with van der Waals surface area (Å²) in [4.78, 5) is 3.26. The van der Waals surface area contributed by atoms with E-state index >= 15 is 0 Å². The van der Waals surface area contributed by atoms with E-state index < -0.39 is 6.10 Å². The van der Waals surface area contributed by atoms with Gasteiger partial charge in [-0.25, -0.2) is 0 Å². The maximum absolute atomic E-state index is 10.2. The van der Waals surface area contributed by atoms with Crippen LogP contribution in [0.5, 0.6) is 0 Å². The van der Waals surface area contributed by atoms with E-state index in [0.717, 1.165) is 19.8 Å². The molecule has 1 unspecified atom stereocenters. The molecule has 0 aliphatic heterocycles. The quantitative estimate of drug-likeness (QED) is 0.878. The van der Waals surface area contributed by atoms with Gasteiger partial charge in [-0.3, -0.25) is 0 Å². The molecule has 0 aliphatic rings. The minimum atomic E-state index is -0.472. The summed E-state index contributed by atoms with van der Waals surface area (Å²) in [5.41, 5.74) is 1.16. The second-order valence-corrected chi connectivity index (χ2v) is 6.51. The van der Waals surface area contributed by atoms with Crippen molar-refractivity contribution in [3.8, 4) is 0 Å². The zero-order valence-corrected chi connectivity index (χ0v) is 11.7. The van der Waals surface area contributed by atoms with Gasteiger partial charge in [0.15, 0.2) is 0 Å². The van der Waals surface area contributed by atoms with Crippen molar-refractivity contribution < 1.29 is 5.11 Å². The highest BCUT2D eigenvalue weighted by Gasteiger charge is 2.17. The third kappa shape index (κ3) is 2.18. The van der Waals surface area contributed by atoms with Crippen molar-refractivity contribution in [2.45, 2.75) is 20.0 Å². The molecule has 80 valence electrons. The summed E-state index contributed by atoms with van der Waals surface area (Å²) in [5.74, 6) is 0. The van der Waals surface area contributed by atoms with Gasteiger partial charge in [-0.15, -0.1) is 22.7 Å². The number of halogens is 1. The van der Waals surface area contributed by atoms with Crippen molar-refractivity contribution in [1.82, 2.24) is 0 Å². The van der Waals surface area contributed by atoms with Crippen molar-refractivity contribution in [3.05, 3.63) is 42.2 Å². The summed E-state index contributed by atoms with van der Waals surface area (Å²) in [6.45, 7) is 4.08. The second kappa shape index (κ2) is 4.37. The SMILES string of the molecule is Cc1ccsc1C(O)c1cc(Br)c(C)s1. The van der Waals surface area contributed by atoms with Gasteiger partial charge >= 0.3 is 0 Å². The van der Waals surface area contributed by atoms with Crippen LogP contribution < -0.4 is 0 Å². The van der Waals surface area contributed by atoms with Crippen LogP contribution in [0.25, 0.3) is 0 Å². The molecule has 0 spiro atoms. The lowest BCUT2D eigenvalue weighted by Gasteiger charge is -2.06. The predicted octanol–water partition coefficient (Wildman–Crippen LogP) is 4.27. The zero-order valence-electron chi connectivity index (χ0n) is 8.45. The molecule has 2 aromatic heterocycles. The summed E-state index contributed by atoms with van der Waals surface area (Å²) in [6.07, 6.45) is -0.472. The van der Waals surface area contributed by atoms with Gasteiger partial charge in [0.2, 0.25) is 0 Å². The van der Waals surface area contributed by atoms with E-state index in [1.165, 1.54) is 4.88 Å². The molecule has 4 heteroatoms. The molecular weight excluding hydrogens is 292 g/mol. The van der Waals surface area contributed by atoms with E-state index in [2.05, 4.69) is 15.9 Å². The molecule has 0 saturated heterocycles. The first kappa shape index (κ1) is 11.3. The first-order valence-electron chi connectivity index (χ1n) is 4.57. The van der Waals surface area contributed by atoms with Crippen molar-refractivity contribution in [2.24, 2.45) is 0 Å². The minimum Gasteiger partial charge on any atom is -0.382 e. The van der Waals surface area contributed by atoms with E-state index in [9.17, 15) is 5.11 Å². The van der Waals surface area contributed by atoms with Crippen molar-refractivity contribution >= 4 is 38.6 Å². The van der Waals surface area contributed by atoms with Gasteiger partial charge in [-0.2, -0.15) is 0 Å². The van der Waals surface area contributed by atoms with E-state index in [-0.39, 0.29) is 0 Å². The van der Waals surface area contributed by atoms with Crippen LogP contribution in [0.15, 0.2) is 22.0 Å². The lowest BCUT2D eigenvalue weighted by Crippen LogP contribution is -1.95. The summed E-state index contributed by atoms with van der Waals surface area (Å²) in [6, 6.07) is 4.04. The van der Waals surface area contributed by atoms with Crippen LogP contribution in [0.3, 0.4) is 0 Å². The summed E-state index contributed by atoms with van der Waals surface area (Å²) < 4.78 is 1.08. The second-order valence-electron chi connectivity index (χ2n) is 3.42. The first-order chi connectivity index (χ1) is 7.09. The Hall–Kier alpha value is -0.160. The lowest BCUT2D eigenvalue weighted by molar-refractivity contribution is 0.227. The predicted molar refractivity (Wildman–Crippen MR) is 69.9 cm³/mol. The summed E-state index contributed by atoms with van der Waals surface area (Å²) in [5, 5.41) is 12.2. The molecule has 0 bridgehead atoms. The molecule has 0 amide bonds. The molecular formula is C11H11BrOS2. The molecule has 0 radical (unpaired) electrons. The average Bonchev–Trinajstić information content (AvgIpc) is 2.74. The maximum atomic E-state index is 10.2. The molecule has 0 aliphatic carbocycles. The smallest absolute Gasteiger partial charge is 0.123 e.